The molecule has 5 rings (SSSR count). The quantitative estimate of drug-likeness (QED) is 0.484. The highest BCUT2D eigenvalue weighted by molar-refractivity contribution is 5.97. The average Bonchev–Trinajstić information content (AvgIpc) is 3.23. The van der Waals surface area contributed by atoms with E-state index in [0.717, 1.165) is 43.5 Å². The van der Waals surface area contributed by atoms with Crippen LogP contribution in [0, 0.1) is 11.7 Å². The number of hydrogen-bond acceptors (Lipinski definition) is 7. The molecule has 0 bridgehead atoms. The zero-order valence-electron chi connectivity index (χ0n) is 20.3. The summed E-state index contributed by atoms with van der Waals surface area (Å²) in [5.41, 5.74) is 3.04. The van der Waals surface area contributed by atoms with Gasteiger partial charge in [-0.2, -0.15) is 0 Å². The van der Waals surface area contributed by atoms with Crippen LogP contribution >= 0.6 is 0 Å². The molecule has 3 aromatic rings. The smallest absolute Gasteiger partial charge is 0.253 e. The van der Waals surface area contributed by atoms with Gasteiger partial charge in [-0.1, -0.05) is 0 Å². The van der Waals surface area contributed by atoms with Crippen molar-refractivity contribution in [2.24, 2.45) is 13.0 Å². The van der Waals surface area contributed by atoms with Gasteiger partial charge in [-0.25, -0.2) is 19.3 Å². The number of anilines is 3. The Morgan fingerprint density at radius 1 is 1.22 bits per heavy atom. The van der Waals surface area contributed by atoms with Gasteiger partial charge in [-0.3, -0.25) is 9.59 Å². The van der Waals surface area contributed by atoms with Gasteiger partial charge in [0.2, 0.25) is 11.9 Å². The lowest BCUT2D eigenvalue weighted by Crippen LogP contribution is -2.35. The highest BCUT2D eigenvalue weighted by atomic mass is 19.1. The largest absolute Gasteiger partial charge is 0.370 e. The van der Waals surface area contributed by atoms with E-state index in [1.807, 2.05) is 23.7 Å². The second-order valence-corrected chi connectivity index (χ2v) is 9.18. The molecule has 2 aliphatic heterocycles. The molecule has 2 aliphatic rings. The normalized spacial score (nSPS) is 15.9. The van der Waals surface area contributed by atoms with Crippen LogP contribution in [0.5, 0.6) is 0 Å². The van der Waals surface area contributed by atoms with Crippen LogP contribution in [0.4, 0.5) is 21.8 Å². The summed E-state index contributed by atoms with van der Waals surface area (Å²) < 4.78 is 16.5. The zero-order chi connectivity index (χ0) is 25.2. The molecule has 1 saturated heterocycles. The number of rotatable bonds is 6. The van der Waals surface area contributed by atoms with Crippen LogP contribution in [0.3, 0.4) is 0 Å². The van der Waals surface area contributed by atoms with Gasteiger partial charge in [0.05, 0.1) is 29.3 Å². The molecule has 10 nitrogen and oxygen atoms in total. The van der Waals surface area contributed by atoms with Crippen LogP contribution in [0.2, 0.25) is 0 Å². The van der Waals surface area contributed by atoms with Crippen LogP contribution in [0.15, 0.2) is 30.6 Å². The molecule has 0 unspecified atom stereocenters. The lowest BCUT2D eigenvalue weighted by molar-refractivity contribution is -0.121. The van der Waals surface area contributed by atoms with Gasteiger partial charge >= 0.3 is 0 Å². The number of piperidine rings is 1. The zero-order valence-corrected chi connectivity index (χ0v) is 20.3. The molecule has 5 heterocycles. The van der Waals surface area contributed by atoms with Gasteiger partial charge in [0, 0.05) is 52.3 Å². The minimum Gasteiger partial charge on any atom is -0.370 e. The molecule has 3 aromatic heterocycles. The van der Waals surface area contributed by atoms with Crippen LogP contribution in [-0.2, 0) is 18.3 Å². The predicted molar refractivity (Wildman–Crippen MR) is 134 cm³/mol. The second kappa shape index (κ2) is 9.92. The number of aromatic nitrogens is 4. The predicted octanol–water partition coefficient (Wildman–Crippen LogP) is 2.40. The maximum atomic E-state index is 14.7. The summed E-state index contributed by atoms with van der Waals surface area (Å²) in [6.45, 7) is 2.30. The Bertz CT molecular complexity index is 1280. The van der Waals surface area contributed by atoms with E-state index in [4.69, 9.17) is 0 Å². The van der Waals surface area contributed by atoms with Crippen molar-refractivity contribution in [3.8, 4) is 11.4 Å². The highest BCUT2D eigenvalue weighted by Crippen LogP contribution is 2.29. The number of amides is 2. The lowest BCUT2D eigenvalue weighted by atomic mass is 9.93. The number of carbonyl (C=O) groups excluding carboxylic acids is 2. The van der Waals surface area contributed by atoms with E-state index >= 15 is 0 Å². The third-order valence-electron chi connectivity index (χ3n) is 6.96. The number of halogens is 1. The number of nitrogens with one attached hydrogen (secondary N) is 3. The van der Waals surface area contributed by atoms with E-state index in [0.29, 0.717) is 42.4 Å². The Labute approximate surface area is 208 Å². The highest BCUT2D eigenvalue weighted by Gasteiger charge is 2.25. The van der Waals surface area contributed by atoms with Crippen molar-refractivity contribution >= 4 is 29.3 Å². The average molecular weight is 493 g/mol. The summed E-state index contributed by atoms with van der Waals surface area (Å²) in [6, 6.07) is 5.48. The first kappa shape index (κ1) is 23.7. The second-order valence-electron chi connectivity index (χ2n) is 9.18. The van der Waals surface area contributed by atoms with E-state index in [1.165, 1.54) is 0 Å². The standard InChI is InChI=1S/C25H29FN8O2/c1-27-22(35)11-15-6-9-34(10-7-15)16-3-4-21(29-13-16)31-25-30-14-18(26)23(32-25)20-12-17-19(33(20)2)5-8-28-24(17)36/h3-4,12-15H,5-11H2,1-2H3,(H,27,35)(H,28,36)(H,29,30,31,32). The molecule has 0 atom stereocenters. The van der Waals surface area contributed by atoms with Gasteiger partial charge in [0.1, 0.15) is 11.5 Å². The number of pyridine rings is 1. The fourth-order valence-corrected chi connectivity index (χ4v) is 4.89. The summed E-state index contributed by atoms with van der Waals surface area (Å²) in [4.78, 5) is 39.0. The third-order valence-corrected chi connectivity index (χ3v) is 6.96. The maximum Gasteiger partial charge on any atom is 0.253 e. The van der Waals surface area contributed by atoms with Gasteiger partial charge in [-0.05, 0) is 37.0 Å². The summed E-state index contributed by atoms with van der Waals surface area (Å²) >= 11 is 0. The van der Waals surface area contributed by atoms with E-state index in [-0.39, 0.29) is 23.5 Å². The monoisotopic (exact) mass is 492 g/mol. The fraction of sp³-hybridized carbons (Fsp3) is 0.400. The molecule has 0 radical (unpaired) electrons. The van der Waals surface area contributed by atoms with Crippen molar-refractivity contribution in [2.75, 3.05) is 36.9 Å². The topological polar surface area (TPSA) is 117 Å². The molecular weight excluding hydrogens is 463 g/mol. The minimum absolute atomic E-state index is 0.0916. The van der Waals surface area contributed by atoms with E-state index in [9.17, 15) is 14.0 Å². The van der Waals surface area contributed by atoms with Crippen molar-refractivity contribution in [1.82, 2.24) is 30.2 Å². The Kier molecular flexibility index (Phi) is 6.53. The molecule has 36 heavy (non-hydrogen) atoms. The van der Waals surface area contributed by atoms with Crippen LogP contribution in [-0.4, -0.2) is 58.0 Å². The third kappa shape index (κ3) is 4.73. The molecule has 0 aliphatic carbocycles. The first-order valence-electron chi connectivity index (χ1n) is 12.1. The summed E-state index contributed by atoms with van der Waals surface area (Å²) in [7, 11) is 3.48. The molecule has 11 heteroatoms. The molecule has 0 spiro atoms. The van der Waals surface area contributed by atoms with Gasteiger partial charge in [-0.15, -0.1) is 0 Å². The van der Waals surface area contributed by atoms with Crippen LogP contribution in [0.25, 0.3) is 11.4 Å². The number of fused-ring (bicyclic) bond motifs is 1. The Morgan fingerprint density at radius 2 is 2.03 bits per heavy atom. The van der Waals surface area contributed by atoms with E-state index < -0.39 is 5.82 Å². The first-order chi connectivity index (χ1) is 17.4. The molecule has 2 amide bonds. The lowest BCUT2D eigenvalue weighted by Gasteiger charge is -2.33. The van der Waals surface area contributed by atoms with Gasteiger partial charge in [0.25, 0.3) is 5.91 Å². The number of nitrogens with zero attached hydrogens (tertiary/aromatic N) is 5. The molecular formula is C25H29FN8O2. The van der Waals surface area contributed by atoms with Crippen molar-refractivity contribution < 1.29 is 14.0 Å². The number of hydrogen-bond donors (Lipinski definition) is 3. The van der Waals surface area contributed by atoms with Crippen molar-refractivity contribution in [2.45, 2.75) is 25.7 Å². The summed E-state index contributed by atoms with van der Waals surface area (Å²) in [5.74, 6) is 0.521. The van der Waals surface area contributed by atoms with Gasteiger partial charge < -0.3 is 25.4 Å². The Morgan fingerprint density at radius 3 is 2.72 bits per heavy atom. The first-order valence-corrected chi connectivity index (χ1v) is 12.1. The Hall–Kier alpha value is -4.02. The molecule has 3 N–H and O–H groups in total. The van der Waals surface area contributed by atoms with Crippen molar-refractivity contribution in [3.05, 3.63) is 47.7 Å². The SMILES string of the molecule is CNC(=O)CC1CCN(c2ccc(Nc3ncc(F)c(-c4cc5c(n4C)CCNC5=O)n3)nc2)CC1. The molecule has 0 aromatic carbocycles. The van der Waals surface area contributed by atoms with Gasteiger partial charge in [0.15, 0.2) is 5.82 Å². The van der Waals surface area contributed by atoms with E-state index in [2.05, 4.69) is 35.8 Å². The fourth-order valence-electron chi connectivity index (χ4n) is 4.89. The molecule has 188 valence electrons. The molecule has 1 fully saturated rings. The summed E-state index contributed by atoms with van der Waals surface area (Å²) in [6.07, 6.45) is 6.08. The minimum atomic E-state index is -0.568. The summed E-state index contributed by atoms with van der Waals surface area (Å²) in [5, 5.41) is 8.55. The van der Waals surface area contributed by atoms with Crippen LogP contribution in [0.1, 0.15) is 35.3 Å². The molecule has 0 saturated carbocycles. The Balaban J connectivity index is 1.28. The van der Waals surface area contributed by atoms with Crippen LogP contribution < -0.4 is 20.9 Å². The van der Waals surface area contributed by atoms with E-state index in [1.54, 1.807) is 19.3 Å². The number of carbonyl (C=O) groups is 2. The maximum absolute atomic E-state index is 14.7. The van der Waals surface area contributed by atoms with Crippen molar-refractivity contribution in [1.29, 1.82) is 0 Å². The van der Waals surface area contributed by atoms with Crippen molar-refractivity contribution in [3.63, 3.8) is 0 Å².